The molecule has 0 aliphatic heterocycles. The average molecular weight is 463 g/mol. The molecule has 3 aromatic carbocycles. The number of esters is 1. The van der Waals surface area contributed by atoms with Crippen LogP contribution in [0.25, 0.3) is 0 Å². The number of nitrogens with zero attached hydrogens (tertiary/aromatic N) is 1. The lowest BCUT2D eigenvalue weighted by Gasteiger charge is -2.10. The van der Waals surface area contributed by atoms with Crippen molar-refractivity contribution >= 4 is 29.2 Å². The Bertz CT molecular complexity index is 1190. The molecule has 0 atom stereocenters. The third-order valence-corrected chi connectivity index (χ3v) is 4.55. The molecule has 2 N–H and O–H groups in total. The van der Waals surface area contributed by atoms with Crippen LogP contribution in [0.3, 0.4) is 0 Å². The lowest BCUT2D eigenvalue weighted by Crippen LogP contribution is -2.32. The van der Waals surface area contributed by atoms with Crippen LogP contribution in [0.2, 0.25) is 0 Å². The van der Waals surface area contributed by atoms with Gasteiger partial charge in [-0.25, -0.2) is 0 Å². The first kappa shape index (κ1) is 23.9. The minimum atomic E-state index is -0.798. The van der Waals surface area contributed by atoms with Gasteiger partial charge in [-0.15, -0.1) is 0 Å². The first-order valence-electron chi connectivity index (χ1n) is 10.1. The second kappa shape index (κ2) is 11.2. The van der Waals surface area contributed by atoms with Gasteiger partial charge in [0.2, 0.25) is 0 Å². The molecule has 0 spiro atoms. The summed E-state index contributed by atoms with van der Waals surface area (Å²) in [4.78, 5) is 46.3. The van der Waals surface area contributed by atoms with E-state index in [-0.39, 0.29) is 5.69 Å². The van der Waals surface area contributed by atoms with Crippen LogP contribution in [0.1, 0.15) is 15.9 Å². The van der Waals surface area contributed by atoms with Crippen LogP contribution < -0.4 is 15.4 Å². The van der Waals surface area contributed by atoms with Gasteiger partial charge in [-0.1, -0.05) is 18.2 Å². The lowest BCUT2D eigenvalue weighted by molar-refractivity contribution is -0.384. The summed E-state index contributed by atoms with van der Waals surface area (Å²) in [6.45, 7) is 0.603. The molecule has 3 aromatic rings. The summed E-state index contributed by atoms with van der Waals surface area (Å²) in [6, 6.07) is 19.5. The lowest BCUT2D eigenvalue weighted by atomic mass is 10.2. The molecule has 0 aliphatic carbocycles. The number of nitro benzene ring substituents is 1. The average Bonchev–Trinajstić information content (AvgIpc) is 2.83. The quantitative estimate of drug-likeness (QED) is 0.281. The van der Waals surface area contributed by atoms with Gasteiger partial charge in [-0.3, -0.25) is 24.5 Å². The molecule has 3 rings (SSSR count). The van der Waals surface area contributed by atoms with Gasteiger partial charge in [0.05, 0.1) is 4.92 Å². The van der Waals surface area contributed by atoms with Crippen LogP contribution >= 0.6 is 0 Å². The first-order valence-corrected chi connectivity index (χ1v) is 10.1. The maximum atomic E-state index is 12.2. The highest BCUT2D eigenvalue weighted by Gasteiger charge is 2.13. The van der Waals surface area contributed by atoms with Gasteiger partial charge in [-0.05, 0) is 55.0 Å². The van der Waals surface area contributed by atoms with E-state index in [2.05, 4.69) is 10.6 Å². The van der Waals surface area contributed by atoms with Crippen LogP contribution in [0.4, 0.5) is 11.4 Å². The van der Waals surface area contributed by atoms with Crippen molar-refractivity contribution in [1.29, 1.82) is 0 Å². The van der Waals surface area contributed by atoms with Crippen molar-refractivity contribution < 1.29 is 28.8 Å². The summed E-state index contributed by atoms with van der Waals surface area (Å²) in [5, 5.41) is 15.7. The van der Waals surface area contributed by atoms with Gasteiger partial charge in [-0.2, -0.15) is 0 Å². The molecule has 0 unspecified atom stereocenters. The standard InChI is InChI=1S/C24H21N3O7/c1-16-13-18(27(31)32)9-12-21(16)26-22(28)15-33-23(29)14-25-24(30)17-7-10-20(11-8-17)34-19-5-3-2-4-6-19/h2-13H,14-15H2,1H3,(H,25,30)(H,26,28). The monoisotopic (exact) mass is 463 g/mol. The highest BCUT2D eigenvalue weighted by molar-refractivity contribution is 5.97. The predicted octanol–water partition coefficient (Wildman–Crippen LogP) is 3.61. The topological polar surface area (TPSA) is 137 Å². The van der Waals surface area contributed by atoms with Crippen molar-refractivity contribution in [1.82, 2.24) is 5.32 Å². The minimum absolute atomic E-state index is 0.101. The SMILES string of the molecule is Cc1cc([N+](=O)[O-])ccc1NC(=O)COC(=O)CNC(=O)c1ccc(Oc2ccccc2)cc1. The molecule has 0 bridgehead atoms. The van der Waals surface area contributed by atoms with E-state index >= 15 is 0 Å². The van der Waals surface area contributed by atoms with E-state index in [4.69, 9.17) is 9.47 Å². The third kappa shape index (κ3) is 6.89. The minimum Gasteiger partial charge on any atom is -0.457 e. The number of amides is 2. The van der Waals surface area contributed by atoms with Gasteiger partial charge in [0.1, 0.15) is 18.0 Å². The van der Waals surface area contributed by atoms with Crippen molar-refractivity contribution in [2.75, 3.05) is 18.5 Å². The number of nitro groups is 1. The Balaban J connectivity index is 1.41. The largest absolute Gasteiger partial charge is 0.457 e. The summed E-state index contributed by atoms with van der Waals surface area (Å²) in [5.74, 6) is -0.695. The van der Waals surface area contributed by atoms with Crippen molar-refractivity contribution in [2.24, 2.45) is 0 Å². The molecule has 0 aliphatic rings. The molecule has 0 fully saturated rings. The van der Waals surface area contributed by atoms with Crippen molar-refractivity contribution in [3.8, 4) is 11.5 Å². The van der Waals surface area contributed by atoms with Crippen LogP contribution in [-0.2, 0) is 14.3 Å². The van der Waals surface area contributed by atoms with Crippen molar-refractivity contribution in [3.05, 3.63) is 94.0 Å². The fraction of sp³-hybridized carbons (Fsp3) is 0.125. The summed E-state index contributed by atoms with van der Waals surface area (Å²) < 4.78 is 10.5. The summed E-state index contributed by atoms with van der Waals surface area (Å²) in [5.41, 5.74) is 1.07. The van der Waals surface area contributed by atoms with E-state index in [1.807, 2.05) is 18.2 Å². The highest BCUT2D eigenvalue weighted by Crippen LogP contribution is 2.22. The fourth-order valence-corrected chi connectivity index (χ4v) is 2.84. The number of ether oxygens (including phenoxy) is 2. The second-order valence-electron chi connectivity index (χ2n) is 7.09. The summed E-state index contributed by atoms with van der Waals surface area (Å²) in [6.07, 6.45) is 0. The molecule has 0 aromatic heterocycles. The zero-order chi connectivity index (χ0) is 24.5. The number of carbonyl (C=O) groups is 3. The molecule has 0 radical (unpaired) electrons. The molecule has 0 saturated heterocycles. The zero-order valence-electron chi connectivity index (χ0n) is 18.1. The molecular weight excluding hydrogens is 442 g/mol. The molecule has 10 nitrogen and oxygen atoms in total. The number of rotatable bonds is 9. The number of carbonyl (C=O) groups excluding carboxylic acids is 3. The molecule has 174 valence electrons. The second-order valence-corrected chi connectivity index (χ2v) is 7.09. The van der Waals surface area contributed by atoms with E-state index in [9.17, 15) is 24.5 Å². The van der Waals surface area contributed by atoms with E-state index in [0.29, 0.717) is 28.3 Å². The third-order valence-electron chi connectivity index (χ3n) is 4.55. The van der Waals surface area contributed by atoms with E-state index in [0.717, 1.165) is 0 Å². The number of non-ortho nitro benzene ring substituents is 1. The van der Waals surface area contributed by atoms with Gasteiger partial charge in [0.15, 0.2) is 6.61 Å². The Hall–Kier alpha value is -4.73. The van der Waals surface area contributed by atoms with Gasteiger partial charge >= 0.3 is 5.97 Å². The van der Waals surface area contributed by atoms with Crippen LogP contribution in [0.15, 0.2) is 72.8 Å². The molecule has 34 heavy (non-hydrogen) atoms. The Morgan fingerprint density at radius 3 is 2.26 bits per heavy atom. The Morgan fingerprint density at radius 2 is 1.62 bits per heavy atom. The maximum Gasteiger partial charge on any atom is 0.325 e. The highest BCUT2D eigenvalue weighted by atomic mass is 16.6. The normalized spacial score (nSPS) is 10.1. The Labute approximate surface area is 194 Å². The van der Waals surface area contributed by atoms with Crippen LogP contribution in [0, 0.1) is 17.0 Å². The number of aryl methyl sites for hydroxylation is 1. The summed E-state index contributed by atoms with van der Waals surface area (Å²) >= 11 is 0. The van der Waals surface area contributed by atoms with Crippen molar-refractivity contribution in [3.63, 3.8) is 0 Å². The van der Waals surface area contributed by atoms with Gasteiger partial charge < -0.3 is 20.1 Å². The first-order chi connectivity index (χ1) is 16.3. The van der Waals surface area contributed by atoms with Crippen molar-refractivity contribution in [2.45, 2.75) is 6.92 Å². The van der Waals surface area contributed by atoms with E-state index in [1.165, 1.54) is 18.2 Å². The van der Waals surface area contributed by atoms with Crippen LogP contribution in [0.5, 0.6) is 11.5 Å². The number of anilines is 1. The number of nitrogens with one attached hydrogen (secondary N) is 2. The molecule has 0 heterocycles. The molecule has 0 saturated carbocycles. The number of para-hydroxylation sites is 1. The number of benzene rings is 3. The molecule has 10 heteroatoms. The number of hydrogen-bond acceptors (Lipinski definition) is 7. The van der Waals surface area contributed by atoms with Gasteiger partial charge in [0, 0.05) is 23.4 Å². The van der Waals surface area contributed by atoms with Gasteiger partial charge in [0.25, 0.3) is 17.5 Å². The predicted molar refractivity (Wildman–Crippen MR) is 123 cm³/mol. The maximum absolute atomic E-state index is 12.2. The smallest absolute Gasteiger partial charge is 0.325 e. The summed E-state index contributed by atoms with van der Waals surface area (Å²) in [7, 11) is 0. The van der Waals surface area contributed by atoms with E-state index in [1.54, 1.807) is 43.3 Å². The molecule has 2 amide bonds. The molecular formula is C24H21N3O7. The fourth-order valence-electron chi connectivity index (χ4n) is 2.84. The van der Waals surface area contributed by atoms with E-state index < -0.39 is 35.9 Å². The van der Waals surface area contributed by atoms with Crippen LogP contribution in [-0.4, -0.2) is 35.9 Å². The zero-order valence-corrected chi connectivity index (χ0v) is 18.1. The Kier molecular flexibility index (Phi) is 7.90. The number of hydrogen-bond donors (Lipinski definition) is 2. The Morgan fingerprint density at radius 1 is 0.941 bits per heavy atom.